The van der Waals surface area contributed by atoms with Crippen molar-refractivity contribution in [1.29, 1.82) is 0 Å². The molecule has 7 nitrogen and oxygen atoms in total. The molecule has 5 N–H and O–H groups in total. The van der Waals surface area contributed by atoms with Crippen LogP contribution < -0.4 is 11.5 Å². The van der Waals surface area contributed by atoms with Gasteiger partial charge in [-0.15, -0.1) is 0 Å². The Balaban J connectivity index is 1.86. The molecule has 2 aromatic heterocycles. The van der Waals surface area contributed by atoms with E-state index in [0.717, 1.165) is 5.56 Å². The summed E-state index contributed by atoms with van der Waals surface area (Å²) in [5.41, 5.74) is 14.9. The van der Waals surface area contributed by atoms with E-state index in [2.05, 4.69) is 15.0 Å². The van der Waals surface area contributed by atoms with E-state index in [1.165, 1.54) is 12.3 Å². The zero-order valence-corrected chi connectivity index (χ0v) is 16.9. The molecule has 0 saturated heterocycles. The standard InChI is InChI=1S/C23H20FN5O2/c1-11-9-10-27-23(28-11)16-8-7-15(21(30)19(16)24)18-17(12(2)29-20(18)22(26)31)13-3-5-14(25)6-4-13/h3-10,15,29H,25H2,1-2H3,(H2,26,31). The number of amides is 1. The van der Waals surface area contributed by atoms with Gasteiger partial charge in [-0.25, -0.2) is 14.4 Å². The number of hydrogen-bond donors (Lipinski definition) is 3. The van der Waals surface area contributed by atoms with Gasteiger partial charge in [-0.05, 0) is 37.6 Å². The zero-order valence-electron chi connectivity index (χ0n) is 16.9. The number of nitrogens with two attached hydrogens (primary N) is 2. The van der Waals surface area contributed by atoms with Gasteiger partial charge in [0.2, 0.25) is 5.78 Å². The Bertz CT molecular complexity index is 1270. The molecule has 0 saturated carbocycles. The lowest BCUT2D eigenvalue weighted by Gasteiger charge is -2.19. The summed E-state index contributed by atoms with van der Waals surface area (Å²) < 4.78 is 15.2. The maximum atomic E-state index is 15.2. The number of H-pyrrole nitrogens is 1. The number of aromatic nitrogens is 3. The highest BCUT2D eigenvalue weighted by atomic mass is 19.1. The number of aryl methyl sites for hydroxylation is 2. The Kier molecular flexibility index (Phi) is 4.98. The second-order valence-corrected chi connectivity index (χ2v) is 7.35. The molecule has 1 aliphatic rings. The summed E-state index contributed by atoms with van der Waals surface area (Å²) in [4.78, 5) is 36.4. The molecule has 31 heavy (non-hydrogen) atoms. The molecule has 0 fully saturated rings. The second-order valence-electron chi connectivity index (χ2n) is 7.35. The van der Waals surface area contributed by atoms with Crippen LogP contribution in [-0.2, 0) is 4.79 Å². The molecule has 2 heterocycles. The molecule has 1 aliphatic carbocycles. The van der Waals surface area contributed by atoms with Crippen molar-refractivity contribution in [3.63, 3.8) is 0 Å². The van der Waals surface area contributed by atoms with Gasteiger partial charge in [-0.3, -0.25) is 9.59 Å². The van der Waals surface area contributed by atoms with Crippen LogP contribution in [0.25, 0.3) is 16.7 Å². The van der Waals surface area contributed by atoms with Gasteiger partial charge in [-0.2, -0.15) is 0 Å². The van der Waals surface area contributed by atoms with Crippen LogP contribution in [0.1, 0.15) is 39.2 Å². The quantitative estimate of drug-likeness (QED) is 0.561. The molecule has 0 spiro atoms. The van der Waals surface area contributed by atoms with Gasteiger partial charge in [0.25, 0.3) is 5.91 Å². The molecule has 3 aromatic rings. The van der Waals surface area contributed by atoms with Crippen molar-refractivity contribution in [2.75, 3.05) is 5.73 Å². The molecular formula is C23H20FN5O2. The monoisotopic (exact) mass is 417 g/mol. The molecular weight excluding hydrogens is 397 g/mol. The smallest absolute Gasteiger partial charge is 0.265 e. The summed E-state index contributed by atoms with van der Waals surface area (Å²) in [5, 5.41) is 0. The molecule has 4 rings (SSSR count). The van der Waals surface area contributed by atoms with E-state index in [4.69, 9.17) is 11.5 Å². The molecule has 0 radical (unpaired) electrons. The lowest BCUT2D eigenvalue weighted by molar-refractivity contribution is -0.117. The fourth-order valence-electron chi connectivity index (χ4n) is 3.77. The van der Waals surface area contributed by atoms with Gasteiger partial charge in [0.15, 0.2) is 11.7 Å². The number of nitrogens with one attached hydrogen (secondary N) is 1. The number of carbonyl (C=O) groups is 2. The summed E-state index contributed by atoms with van der Waals surface area (Å²) in [7, 11) is 0. The van der Waals surface area contributed by atoms with Gasteiger partial charge in [-0.1, -0.05) is 24.3 Å². The van der Waals surface area contributed by atoms with Crippen molar-refractivity contribution >= 4 is 23.0 Å². The number of ketones is 1. The van der Waals surface area contributed by atoms with Crippen molar-refractivity contribution in [2.45, 2.75) is 19.8 Å². The minimum atomic E-state index is -1.03. The highest BCUT2D eigenvalue weighted by Gasteiger charge is 2.35. The van der Waals surface area contributed by atoms with Crippen molar-refractivity contribution in [3.8, 4) is 11.1 Å². The lowest BCUT2D eigenvalue weighted by atomic mass is 9.83. The number of nitrogen functional groups attached to an aromatic ring is 1. The number of primary amides is 1. The number of Topliss-reactive ketones (excluding diaryl/α,β-unsaturated/α-hetero) is 1. The molecule has 0 aliphatic heterocycles. The Labute approximate surface area is 177 Å². The normalized spacial score (nSPS) is 16.1. The van der Waals surface area contributed by atoms with E-state index < -0.39 is 23.4 Å². The van der Waals surface area contributed by atoms with Crippen LogP contribution in [0.4, 0.5) is 10.1 Å². The van der Waals surface area contributed by atoms with Crippen LogP contribution in [-0.4, -0.2) is 26.6 Å². The van der Waals surface area contributed by atoms with Gasteiger partial charge < -0.3 is 16.5 Å². The van der Waals surface area contributed by atoms with E-state index in [-0.39, 0.29) is 17.1 Å². The van der Waals surface area contributed by atoms with Gasteiger partial charge in [0.1, 0.15) is 5.69 Å². The first-order chi connectivity index (χ1) is 14.8. The van der Waals surface area contributed by atoms with E-state index >= 15 is 4.39 Å². The first-order valence-corrected chi connectivity index (χ1v) is 9.58. The third-order valence-corrected chi connectivity index (χ3v) is 5.21. The summed E-state index contributed by atoms with van der Waals surface area (Å²) in [6, 6.07) is 8.65. The summed E-state index contributed by atoms with van der Waals surface area (Å²) in [6.07, 6.45) is 4.51. The van der Waals surface area contributed by atoms with Gasteiger partial charge in [0.05, 0.1) is 11.5 Å². The SMILES string of the molecule is Cc1ccnc(C2=C(F)C(=O)C(c3c(C(N)=O)[nH]c(C)c3-c3ccc(N)cc3)C=C2)n1. The maximum absolute atomic E-state index is 15.2. The van der Waals surface area contributed by atoms with Crippen molar-refractivity contribution in [1.82, 2.24) is 15.0 Å². The van der Waals surface area contributed by atoms with E-state index in [1.54, 1.807) is 50.3 Å². The second kappa shape index (κ2) is 7.64. The third-order valence-electron chi connectivity index (χ3n) is 5.21. The molecule has 156 valence electrons. The average molecular weight is 417 g/mol. The first kappa shape index (κ1) is 20.2. The third kappa shape index (κ3) is 3.52. The molecule has 8 heteroatoms. The Hall–Kier alpha value is -4.07. The molecule has 1 aromatic carbocycles. The van der Waals surface area contributed by atoms with E-state index in [0.29, 0.717) is 28.2 Å². The number of benzene rings is 1. The summed E-state index contributed by atoms with van der Waals surface area (Å²) >= 11 is 0. The van der Waals surface area contributed by atoms with Crippen LogP contribution in [0.2, 0.25) is 0 Å². The highest BCUT2D eigenvalue weighted by Crippen LogP contribution is 2.40. The number of aromatic amines is 1. The fraction of sp³-hybridized carbons (Fsp3) is 0.130. The first-order valence-electron chi connectivity index (χ1n) is 9.58. The molecule has 0 bridgehead atoms. The fourth-order valence-corrected chi connectivity index (χ4v) is 3.77. The van der Waals surface area contributed by atoms with Crippen LogP contribution in [0.5, 0.6) is 0 Å². The maximum Gasteiger partial charge on any atom is 0.265 e. The predicted molar refractivity (Wildman–Crippen MR) is 116 cm³/mol. The van der Waals surface area contributed by atoms with Crippen molar-refractivity contribution < 1.29 is 14.0 Å². The minimum Gasteiger partial charge on any atom is -0.399 e. The summed E-state index contributed by atoms with van der Waals surface area (Å²) in [5.74, 6) is -3.40. The van der Waals surface area contributed by atoms with Gasteiger partial charge in [0, 0.05) is 34.4 Å². The largest absolute Gasteiger partial charge is 0.399 e. The van der Waals surface area contributed by atoms with E-state index in [9.17, 15) is 9.59 Å². The average Bonchev–Trinajstić information content (AvgIpc) is 3.08. The lowest BCUT2D eigenvalue weighted by Crippen LogP contribution is -2.21. The minimum absolute atomic E-state index is 0.00636. The van der Waals surface area contributed by atoms with Crippen LogP contribution in [0.3, 0.4) is 0 Å². The van der Waals surface area contributed by atoms with Crippen LogP contribution in [0.15, 0.2) is 54.5 Å². The number of anilines is 1. The molecule has 1 atom stereocenters. The van der Waals surface area contributed by atoms with E-state index in [1.807, 2.05) is 0 Å². The van der Waals surface area contributed by atoms with Crippen molar-refractivity contribution in [3.05, 3.63) is 83.0 Å². The van der Waals surface area contributed by atoms with Crippen LogP contribution >= 0.6 is 0 Å². The van der Waals surface area contributed by atoms with Crippen molar-refractivity contribution in [2.24, 2.45) is 5.73 Å². The molecule has 1 unspecified atom stereocenters. The Morgan fingerprint density at radius 2 is 1.87 bits per heavy atom. The predicted octanol–water partition coefficient (Wildman–Crippen LogP) is 3.37. The topological polar surface area (TPSA) is 128 Å². The summed E-state index contributed by atoms with van der Waals surface area (Å²) in [6.45, 7) is 3.51. The highest BCUT2D eigenvalue weighted by molar-refractivity contribution is 6.11. The van der Waals surface area contributed by atoms with Crippen LogP contribution in [0, 0.1) is 13.8 Å². The molecule has 1 amide bonds. The number of carbonyl (C=O) groups excluding carboxylic acids is 2. The zero-order chi connectivity index (χ0) is 22.3. The number of hydrogen-bond acceptors (Lipinski definition) is 5. The number of nitrogens with zero attached hydrogens (tertiary/aromatic N) is 2. The Morgan fingerprint density at radius 1 is 1.16 bits per heavy atom. The number of rotatable bonds is 4. The van der Waals surface area contributed by atoms with Gasteiger partial charge >= 0.3 is 0 Å². The number of allylic oxidation sites excluding steroid dienone is 4. The Morgan fingerprint density at radius 3 is 2.52 bits per heavy atom. The number of halogens is 1.